The van der Waals surface area contributed by atoms with Gasteiger partial charge in [0.25, 0.3) is 5.91 Å². The van der Waals surface area contributed by atoms with E-state index in [0.29, 0.717) is 27.9 Å². The topological polar surface area (TPSA) is 67.4 Å². The van der Waals surface area contributed by atoms with Crippen molar-refractivity contribution in [3.05, 3.63) is 58.4 Å². The van der Waals surface area contributed by atoms with Gasteiger partial charge in [0.1, 0.15) is 4.88 Å². The van der Waals surface area contributed by atoms with Crippen LogP contribution < -0.4 is 10.6 Å². The lowest BCUT2D eigenvalue weighted by atomic mass is 10.2. The van der Waals surface area contributed by atoms with Crippen molar-refractivity contribution in [2.45, 2.75) is 13.8 Å². The highest BCUT2D eigenvalue weighted by atomic mass is 35.5. The van der Waals surface area contributed by atoms with E-state index in [1.54, 1.807) is 24.3 Å². The van der Waals surface area contributed by atoms with Crippen LogP contribution >= 0.6 is 22.9 Å². The molecule has 3 aromatic rings. The zero-order valence-electron chi connectivity index (χ0n) is 14.9. The molecule has 0 aliphatic carbocycles. The Labute approximate surface area is 166 Å². The molecule has 0 bridgehead atoms. The second-order valence-electron chi connectivity index (χ2n) is 6.39. The zero-order valence-corrected chi connectivity index (χ0v) is 16.5. The fourth-order valence-electron chi connectivity index (χ4n) is 2.42. The molecule has 3 rings (SSSR count). The summed E-state index contributed by atoms with van der Waals surface area (Å²) < 4.78 is 6.05. The van der Waals surface area contributed by atoms with Gasteiger partial charge in [0.05, 0.1) is 11.6 Å². The number of amides is 2. The van der Waals surface area contributed by atoms with Gasteiger partial charge in [-0.2, -0.15) is 0 Å². The van der Waals surface area contributed by atoms with E-state index in [4.69, 9.17) is 16.3 Å². The van der Waals surface area contributed by atoms with Gasteiger partial charge in [0.15, 0.2) is 0 Å². The Bertz CT molecular complexity index is 984. The quantitative estimate of drug-likeness (QED) is 0.549. The van der Waals surface area contributed by atoms with E-state index >= 15 is 0 Å². The Morgan fingerprint density at radius 2 is 1.78 bits per heavy atom. The largest absolute Gasteiger partial charge is 0.449 e. The van der Waals surface area contributed by atoms with E-state index in [1.807, 2.05) is 38.1 Å². The lowest BCUT2D eigenvalue weighted by molar-refractivity contribution is 0.103. The minimum atomic E-state index is -0.528. The summed E-state index contributed by atoms with van der Waals surface area (Å²) in [4.78, 5) is 24.8. The first-order valence-corrected chi connectivity index (χ1v) is 9.65. The lowest BCUT2D eigenvalue weighted by Crippen LogP contribution is -2.17. The van der Waals surface area contributed by atoms with Crippen molar-refractivity contribution < 1.29 is 14.3 Å². The van der Waals surface area contributed by atoms with Crippen LogP contribution in [0.1, 0.15) is 23.5 Å². The van der Waals surface area contributed by atoms with Crippen LogP contribution in [0, 0.1) is 5.92 Å². The van der Waals surface area contributed by atoms with Gasteiger partial charge in [0, 0.05) is 21.5 Å². The van der Waals surface area contributed by atoms with E-state index in [1.165, 1.54) is 11.3 Å². The maximum Gasteiger partial charge on any atom is 0.411 e. The van der Waals surface area contributed by atoms with Gasteiger partial charge in [-0.05, 0) is 30.2 Å². The van der Waals surface area contributed by atoms with Gasteiger partial charge in [-0.3, -0.25) is 10.1 Å². The maximum atomic E-state index is 12.6. The molecule has 0 unspecified atom stereocenters. The first-order valence-electron chi connectivity index (χ1n) is 8.46. The number of nitrogens with one attached hydrogen (secondary N) is 2. The molecule has 0 fully saturated rings. The molecule has 2 N–H and O–H groups in total. The number of anilines is 2. The van der Waals surface area contributed by atoms with Crippen LogP contribution in [0.3, 0.4) is 0 Å². The summed E-state index contributed by atoms with van der Waals surface area (Å²) in [7, 11) is 0. The predicted octanol–water partition coefficient (Wildman–Crippen LogP) is 6.01. The molecule has 1 heterocycles. The maximum absolute atomic E-state index is 12.6. The van der Waals surface area contributed by atoms with Gasteiger partial charge in [0.2, 0.25) is 0 Å². The Kier molecular flexibility index (Phi) is 5.98. The first-order chi connectivity index (χ1) is 12.9. The lowest BCUT2D eigenvalue weighted by Gasteiger charge is -2.10. The third-order valence-corrected chi connectivity index (χ3v) is 5.33. The molecule has 1 aromatic heterocycles. The average molecular weight is 403 g/mol. The Morgan fingerprint density at radius 3 is 2.48 bits per heavy atom. The highest BCUT2D eigenvalue weighted by molar-refractivity contribution is 7.21. The summed E-state index contributed by atoms with van der Waals surface area (Å²) in [5.41, 5.74) is 1.08. The summed E-state index contributed by atoms with van der Waals surface area (Å²) in [6.45, 7) is 4.26. The summed E-state index contributed by atoms with van der Waals surface area (Å²) in [6, 6.07) is 14.5. The standard InChI is InChI=1S/C20H19ClN2O3S/c1-12(2)11-26-20(25)23-14-7-5-6-13(10-14)22-19(24)18-17(21)15-8-3-4-9-16(15)27-18/h3-10,12H,11H2,1-2H3,(H,22,24)(H,23,25). The number of rotatable bonds is 5. The van der Waals surface area contributed by atoms with Crippen LogP contribution in [0.15, 0.2) is 48.5 Å². The number of ether oxygens (including phenoxy) is 1. The monoisotopic (exact) mass is 402 g/mol. The molecular weight excluding hydrogens is 384 g/mol. The second kappa shape index (κ2) is 8.41. The number of hydrogen-bond donors (Lipinski definition) is 2. The van der Waals surface area contributed by atoms with Gasteiger partial charge < -0.3 is 10.1 Å². The molecule has 0 spiro atoms. The molecule has 2 amide bonds. The molecule has 7 heteroatoms. The molecule has 2 aromatic carbocycles. The third-order valence-electron chi connectivity index (χ3n) is 3.66. The van der Waals surface area contributed by atoms with Gasteiger partial charge in [-0.15, -0.1) is 11.3 Å². The van der Waals surface area contributed by atoms with Crippen molar-refractivity contribution in [3.63, 3.8) is 0 Å². The number of thiophene rings is 1. The van der Waals surface area contributed by atoms with E-state index in [9.17, 15) is 9.59 Å². The van der Waals surface area contributed by atoms with Crippen molar-refractivity contribution in [1.29, 1.82) is 0 Å². The Balaban J connectivity index is 1.71. The molecule has 0 saturated carbocycles. The van der Waals surface area contributed by atoms with Crippen molar-refractivity contribution in [3.8, 4) is 0 Å². The zero-order chi connectivity index (χ0) is 19.4. The van der Waals surface area contributed by atoms with E-state index < -0.39 is 6.09 Å². The van der Waals surface area contributed by atoms with Crippen LogP contribution in [-0.4, -0.2) is 18.6 Å². The number of halogens is 1. The molecule has 0 radical (unpaired) electrons. The fraction of sp³-hybridized carbons (Fsp3) is 0.200. The number of hydrogen-bond acceptors (Lipinski definition) is 4. The normalized spacial score (nSPS) is 10.8. The Hall–Kier alpha value is -2.57. The molecule has 0 aliphatic rings. The summed E-state index contributed by atoms with van der Waals surface area (Å²) in [6.07, 6.45) is -0.528. The summed E-state index contributed by atoms with van der Waals surface area (Å²) >= 11 is 7.70. The molecule has 27 heavy (non-hydrogen) atoms. The molecule has 0 atom stereocenters. The highest BCUT2D eigenvalue weighted by Gasteiger charge is 2.17. The van der Waals surface area contributed by atoms with Gasteiger partial charge in [-0.25, -0.2) is 4.79 Å². The van der Waals surface area contributed by atoms with Crippen LogP contribution in [0.5, 0.6) is 0 Å². The van der Waals surface area contributed by atoms with Crippen LogP contribution in [0.2, 0.25) is 5.02 Å². The summed E-state index contributed by atoms with van der Waals surface area (Å²) in [5, 5.41) is 6.77. The highest BCUT2D eigenvalue weighted by Crippen LogP contribution is 2.35. The van der Waals surface area contributed by atoms with Gasteiger partial charge >= 0.3 is 6.09 Å². The number of benzene rings is 2. The fourth-order valence-corrected chi connectivity index (χ4v) is 3.83. The Morgan fingerprint density at radius 1 is 1.07 bits per heavy atom. The van der Waals surface area contributed by atoms with Crippen LogP contribution in [0.4, 0.5) is 16.2 Å². The van der Waals surface area contributed by atoms with Crippen LogP contribution in [0.25, 0.3) is 10.1 Å². The van der Waals surface area contributed by atoms with Crippen molar-refractivity contribution in [1.82, 2.24) is 0 Å². The molecular formula is C20H19ClN2O3S. The molecule has 140 valence electrons. The first kappa shape index (κ1) is 19.2. The molecule has 5 nitrogen and oxygen atoms in total. The van der Waals surface area contributed by atoms with Crippen LogP contribution in [-0.2, 0) is 4.74 Å². The number of fused-ring (bicyclic) bond motifs is 1. The minimum Gasteiger partial charge on any atom is -0.449 e. The average Bonchev–Trinajstić information content (AvgIpc) is 2.97. The second-order valence-corrected chi connectivity index (χ2v) is 7.82. The van der Waals surface area contributed by atoms with Crippen molar-refractivity contribution in [2.24, 2.45) is 5.92 Å². The van der Waals surface area contributed by atoms with Crippen molar-refractivity contribution in [2.75, 3.05) is 17.2 Å². The summed E-state index contributed by atoms with van der Waals surface area (Å²) in [5.74, 6) is -0.0341. The third kappa shape index (κ3) is 4.78. The molecule has 0 aliphatic heterocycles. The van der Waals surface area contributed by atoms with E-state index in [2.05, 4.69) is 10.6 Å². The predicted molar refractivity (Wildman–Crippen MR) is 111 cm³/mol. The molecule has 0 saturated heterocycles. The number of carbonyl (C=O) groups is 2. The van der Waals surface area contributed by atoms with Gasteiger partial charge in [-0.1, -0.05) is 49.7 Å². The van der Waals surface area contributed by atoms with E-state index in [-0.39, 0.29) is 11.8 Å². The van der Waals surface area contributed by atoms with E-state index in [0.717, 1.165) is 10.1 Å². The van der Waals surface area contributed by atoms with Crippen molar-refractivity contribution >= 4 is 56.4 Å². The smallest absolute Gasteiger partial charge is 0.411 e. The number of carbonyl (C=O) groups excluding carboxylic acids is 2. The minimum absolute atomic E-state index is 0.257. The SMILES string of the molecule is CC(C)COC(=O)Nc1cccc(NC(=O)c2sc3ccccc3c2Cl)c1.